The van der Waals surface area contributed by atoms with E-state index in [2.05, 4.69) is 21.5 Å². The number of carbonyl (C=O) groups excluding carboxylic acids is 5. The minimum Gasteiger partial charge on any atom is -0.427 e. The van der Waals surface area contributed by atoms with Gasteiger partial charge in [0, 0.05) is 24.7 Å². The molecule has 11 heteroatoms. The van der Waals surface area contributed by atoms with Crippen molar-refractivity contribution in [2.45, 2.75) is 24.9 Å². The average molecular weight is 453 g/mol. The zero-order valence-electron chi connectivity index (χ0n) is 17.8. The van der Waals surface area contributed by atoms with Crippen LogP contribution in [0.3, 0.4) is 0 Å². The molecule has 1 aromatic rings. The number of allylic oxidation sites excluding steroid dienone is 3. The SMILES string of the molecule is CNC(=O)Nc1ccc2c(c1)CC[C@]21OC(=O)N(CC(=O)NNC(=O)C2C=CC=CC2)C1=O. The summed E-state index contributed by atoms with van der Waals surface area (Å²) in [7, 11) is 1.49. The first-order chi connectivity index (χ1) is 15.8. The molecule has 1 unspecified atom stereocenters. The largest absolute Gasteiger partial charge is 0.427 e. The lowest BCUT2D eigenvalue weighted by Gasteiger charge is -2.20. The number of rotatable bonds is 4. The summed E-state index contributed by atoms with van der Waals surface area (Å²) in [4.78, 5) is 62.3. The van der Waals surface area contributed by atoms with Gasteiger partial charge in [0.1, 0.15) is 6.54 Å². The second-order valence-corrected chi connectivity index (χ2v) is 7.86. The van der Waals surface area contributed by atoms with Gasteiger partial charge in [-0.2, -0.15) is 0 Å². The molecule has 1 saturated heterocycles. The number of hydrogen-bond donors (Lipinski definition) is 4. The Morgan fingerprint density at radius 3 is 2.73 bits per heavy atom. The van der Waals surface area contributed by atoms with E-state index in [0.717, 1.165) is 10.5 Å². The van der Waals surface area contributed by atoms with Gasteiger partial charge < -0.3 is 15.4 Å². The molecule has 1 aromatic carbocycles. The molecule has 0 aromatic heterocycles. The first-order valence-electron chi connectivity index (χ1n) is 10.4. The second-order valence-electron chi connectivity index (χ2n) is 7.86. The number of amides is 6. The van der Waals surface area contributed by atoms with Gasteiger partial charge in [-0.15, -0.1) is 0 Å². The van der Waals surface area contributed by atoms with Gasteiger partial charge in [-0.25, -0.2) is 14.5 Å². The quantitative estimate of drug-likeness (QED) is 0.497. The van der Waals surface area contributed by atoms with Crippen LogP contribution in [0.15, 0.2) is 42.5 Å². The summed E-state index contributed by atoms with van der Waals surface area (Å²) in [6.45, 7) is -0.592. The lowest BCUT2D eigenvalue weighted by atomic mass is 9.94. The number of ether oxygens (including phenoxy) is 1. The molecular formula is C22H23N5O6. The van der Waals surface area contributed by atoms with E-state index >= 15 is 0 Å². The minimum absolute atomic E-state index is 0.229. The molecule has 1 aliphatic heterocycles. The molecule has 172 valence electrons. The van der Waals surface area contributed by atoms with Crippen LogP contribution < -0.4 is 21.5 Å². The van der Waals surface area contributed by atoms with E-state index in [9.17, 15) is 24.0 Å². The molecule has 4 N–H and O–H groups in total. The number of anilines is 1. The van der Waals surface area contributed by atoms with E-state index in [0.29, 0.717) is 24.1 Å². The van der Waals surface area contributed by atoms with Gasteiger partial charge in [0.15, 0.2) is 0 Å². The van der Waals surface area contributed by atoms with E-state index in [1.165, 1.54) is 7.05 Å². The number of nitrogens with zero attached hydrogens (tertiary/aromatic N) is 1. The van der Waals surface area contributed by atoms with Gasteiger partial charge in [0.05, 0.1) is 5.92 Å². The van der Waals surface area contributed by atoms with Crippen LogP contribution in [0.4, 0.5) is 15.3 Å². The van der Waals surface area contributed by atoms with Crippen LogP contribution in [-0.2, 0) is 31.1 Å². The zero-order valence-corrected chi connectivity index (χ0v) is 17.8. The molecule has 0 radical (unpaired) electrons. The second kappa shape index (κ2) is 8.77. The highest BCUT2D eigenvalue weighted by Gasteiger charge is 2.58. The third-order valence-electron chi connectivity index (χ3n) is 5.79. The first kappa shape index (κ1) is 22.1. The zero-order chi connectivity index (χ0) is 23.6. The number of hydrogen-bond acceptors (Lipinski definition) is 6. The Hall–Kier alpha value is -4.15. The normalized spacial score (nSPS) is 22.7. The van der Waals surface area contributed by atoms with Crippen LogP contribution >= 0.6 is 0 Å². The van der Waals surface area contributed by atoms with Gasteiger partial charge in [0.2, 0.25) is 11.5 Å². The molecule has 1 heterocycles. The molecule has 1 fully saturated rings. The molecule has 33 heavy (non-hydrogen) atoms. The lowest BCUT2D eigenvalue weighted by Crippen LogP contribution is -2.49. The fraction of sp³-hybridized carbons (Fsp3) is 0.318. The molecule has 4 rings (SSSR count). The fourth-order valence-electron chi connectivity index (χ4n) is 4.11. The van der Waals surface area contributed by atoms with Gasteiger partial charge in [-0.05, 0) is 30.5 Å². The Bertz CT molecular complexity index is 1100. The van der Waals surface area contributed by atoms with Crippen molar-refractivity contribution in [3.05, 3.63) is 53.6 Å². The van der Waals surface area contributed by atoms with Crippen molar-refractivity contribution >= 4 is 35.5 Å². The summed E-state index contributed by atoms with van der Waals surface area (Å²) in [6, 6.07) is 4.59. The van der Waals surface area contributed by atoms with Crippen molar-refractivity contribution in [3.63, 3.8) is 0 Å². The predicted molar refractivity (Wildman–Crippen MR) is 115 cm³/mol. The number of hydrazine groups is 1. The Labute approximate surface area is 189 Å². The molecule has 11 nitrogen and oxygen atoms in total. The lowest BCUT2D eigenvalue weighted by molar-refractivity contribution is -0.140. The van der Waals surface area contributed by atoms with Gasteiger partial charge in [-0.1, -0.05) is 30.4 Å². The van der Waals surface area contributed by atoms with Gasteiger partial charge in [-0.3, -0.25) is 25.2 Å². The molecule has 6 amide bonds. The van der Waals surface area contributed by atoms with Crippen LogP contribution in [0.5, 0.6) is 0 Å². The van der Waals surface area contributed by atoms with E-state index in [1.807, 2.05) is 12.2 Å². The van der Waals surface area contributed by atoms with Crippen molar-refractivity contribution < 1.29 is 28.7 Å². The van der Waals surface area contributed by atoms with Crippen LogP contribution in [-0.4, -0.2) is 48.3 Å². The topological polar surface area (TPSA) is 146 Å². The summed E-state index contributed by atoms with van der Waals surface area (Å²) >= 11 is 0. The minimum atomic E-state index is -1.50. The standard InChI is InChI=1S/C22H23N5O6/c1-23-20(31)24-15-7-8-16-14(11-15)9-10-22(16)19(30)27(21(32)33-22)12-17(28)25-26-18(29)13-5-3-2-4-6-13/h2-5,7-8,11,13H,6,9-10,12H2,1H3,(H,25,28)(H,26,29)(H2,23,24,31)/t13?,22-/m0/s1. The fourth-order valence-corrected chi connectivity index (χ4v) is 4.11. The Balaban J connectivity index is 1.40. The maximum atomic E-state index is 13.1. The number of imide groups is 1. The van der Waals surface area contributed by atoms with Gasteiger partial charge >= 0.3 is 12.1 Å². The van der Waals surface area contributed by atoms with Crippen molar-refractivity contribution in [2.75, 3.05) is 18.9 Å². The summed E-state index contributed by atoms with van der Waals surface area (Å²) < 4.78 is 5.48. The first-order valence-corrected chi connectivity index (χ1v) is 10.4. The number of nitrogens with one attached hydrogen (secondary N) is 4. The van der Waals surface area contributed by atoms with Crippen molar-refractivity contribution in [3.8, 4) is 0 Å². The van der Waals surface area contributed by atoms with Crippen LogP contribution in [0, 0.1) is 5.92 Å². The highest BCUT2D eigenvalue weighted by molar-refractivity contribution is 6.06. The number of urea groups is 1. The maximum Gasteiger partial charge on any atom is 0.418 e. The Morgan fingerprint density at radius 2 is 2.00 bits per heavy atom. The molecule has 3 aliphatic rings. The van der Waals surface area contributed by atoms with Crippen LogP contribution in [0.25, 0.3) is 0 Å². The molecule has 2 atom stereocenters. The van der Waals surface area contributed by atoms with Gasteiger partial charge in [0.25, 0.3) is 11.8 Å². The summed E-state index contributed by atoms with van der Waals surface area (Å²) in [6.07, 6.45) is 7.37. The van der Waals surface area contributed by atoms with Crippen molar-refractivity contribution in [1.29, 1.82) is 0 Å². The van der Waals surface area contributed by atoms with Crippen molar-refractivity contribution in [2.24, 2.45) is 5.92 Å². The number of benzene rings is 1. The van der Waals surface area contributed by atoms with Crippen LogP contribution in [0.1, 0.15) is 24.0 Å². The number of fused-ring (bicyclic) bond motifs is 2. The molecule has 1 spiro atoms. The average Bonchev–Trinajstić information content (AvgIpc) is 3.30. The molecule has 0 bridgehead atoms. The summed E-state index contributed by atoms with van der Waals surface area (Å²) in [5, 5.41) is 5.11. The van der Waals surface area contributed by atoms with E-state index < -0.39 is 41.9 Å². The third-order valence-corrected chi connectivity index (χ3v) is 5.79. The summed E-state index contributed by atoms with van der Waals surface area (Å²) in [5.41, 5.74) is 4.87. The van der Waals surface area contributed by atoms with E-state index in [-0.39, 0.29) is 12.5 Å². The molecule has 0 saturated carbocycles. The van der Waals surface area contributed by atoms with Crippen LogP contribution in [0.2, 0.25) is 0 Å². The highest BCUT2D eigenvalue weighted by atomic mass is 16.6. The highest BCUT2D eigenvalue weighted by Crippen LogP contribution is 2.45. The Morgan fingerprint density at radius 1 is 1.18 bits per heavy atom. The third kappa shape index (κ3) is 4.16. The van der Waals surface area contributed by atoms with E-state index in [4.69, 9.17) is 4.74 Å². The molecule has 2 aliphatic carbocycles. The maximum absolute atomic E-state index is 13.1. The summed E-state index contributed by atoms with van der Waals surface area (Å²) in [5.74, 6) is -2.18. The molecular weight excluding hydrogens is 430 g/mol. The van der Waals surface area contributed by atoms with E-state index in [1.54, 1.807) is 30.4 Å². The smallest absolute Gasteiger partial charge is 0.418 e. The predicted octanol–water partition coefficient (Wildman–Crippen LogP) is 0.838. The van der Waals surface area contributed by atoms with Crippen molar-refractivity contribution in [1.82, 2.24) is 21.1 Å². The Kier molecular flexibility index (Phi) is 5.86. The number of aryl methyl sites for hydroxylation is 1. The monoisotopic (exact) mass is 453 g/mol. The number of carbonyl (C=O) groups is 5.